The van der Waals surface area contributed by atoms with Crippen molar-refractivity contribution in [3.63, 3.8) is 0 Å². The van der Waals surface area contributed by atoms with Gasteiger partial charge in [0.05, 0.1) is 5.57 Å². The normalized spacial score (nSPS) is 15.4. The van der Waals surface area contributed by atoms with E-state index in [4.69, 9.17) is 0 Å². The van der Waals surface area contributed by atoms with Gasteiger partial charge in [-0.2, -0.15) is 0 Å². The van der Waals surface area contributed by atoms with Gasteiger partial charge in [0.15, 0.2) is 5.78 Å². The van der Waals surface area contributed by atoms with Crippen LogP contribution in [0.2, 0.25) is 0 Å². The second-order valence-corrected chi connectivity index (χ2v) is 6.14. The van der Waals surface area contributed by atoms with Crippen LogP contribution in [-0.4, -0.2) is 30.5 Å². The molecule has 0 aliphatic rings. The molecule has 2 atom stereocenters. The van der Waals surface area contributed by atoms with E-state index >= 15 is 0 Å². The van der Waals surface area contributed by atoms with E-state index in [1.165, 1.54) is 0 Å². The first-order valence-corrected chi connectivity index (χ1v) is 8.49. The molecule has 0 aliphatic heterocycles. The molecule has 0 bridgehead atoms. The molecule has 0 heterocycles. The quantitative estimate of drug-likeness (QED) is 0.427. The summed E-state index contributed by atoms with van der Waals surface area (Å²) in [5, 5.41) is 0. The van der Waals surface area contributed by atoms with Gasteiger partial charge in [0.25, 0.3) is 0 Å². The van der Waals surface area contributed by atoms with Crippen LogP contribution in [0.3, 0.4) is 0 Å². The minimum absolute atomic E-state index is 0.0685. The number of rotatable bonds is 10. The van der Waals surface area contributed by atoms with E-state index in [1.54, 1.807) is 13.1 Å². The monoisotopic (exact) mass is 306 g/mol. The lowest BCUT2D eigenvalue weighted by Crippen LogP contribution is -2.26. The summed E-state index contributed by atoms with van der Waals surface area (Å²) < 4.78 is 0. The average Bonchev–Trinajstić information content (AvgIpc) is 2.49. The van der Waals surface area contributed by atoms with Crippen molar-refractivity contribution in [3.8, 4) is 0 Å². The molecular weight excluding hydrogens is 272 g/mol. The number of hydrogen-bond acceptors (Lipinski definition) is 3. The van der Waals surface area contributed by atoms with Gasteiger partial charge in [0.2, 0.25) is 0 Å². The molecule has 0 saturated carbocycles. The van der Waals surface area contributed by atoms with E-state index in [9.17, 15) is 4.79 Å². The SMILES string of the molecule is C=C(/N=C\C(C(C)=O)=C(/C(C)CC)N(C)CCC)C(C)CC. The minimum atomic E-state index is 0.0685. The zero-order valence-corrected chi connectivity index (χ0v) is 15.6. The zero-order valence-electron chi connectivity index (χ0n) is 15.6. The van der Waals surface area contributed by atoms with Crippen molar-refractivity contribution in [1.29, 1.82) is 0 Å². The van der Waals surface area contributed by atoms with Crippen molar-refractivity contribution in [1.82, 2.24) is 4.90 Å². The first-order valence-electron chi connectivity index (χ1n) is 8.49. The summed E-state index contributed by atoms with van der Waals surface area (Å²) in [6, 6.07) is 0. The van der Waals surface area contributed by atoms with Gasteiger partial charge >= 0.3 is 0 Å². The molecule has 0 aliphatic carbocycles. The summed E-state index contributed by atoms with van der Waals surface area (Å²) in [6.07, 6.45) is 4.78. The molecule has 0 aromatic rings. The number of allylic oxidation sites excluding steroid dienone is 3. The highest BCUT2D eigenvalue weighted by Crippen LogP contribution is 2.22. The van der Waals surface area contributed by atoms with Gasteiger partial charge in [-0.3, -0.25) is 9.79 Å². The molecule has 3 nitrogen and oxygen atoms in total. The van der Waals surface area contributed by atoms with Crippen LogP contribution < -0.4 is 0 Å². The molecular formula is C19H34N2O. The maximum absolute atomic E-state index is 12.2. The van der Waals surface area contributed by atoms with Crippen molar-refractivity contribution in [2.75, 3.05) is 13.6 Å². The molecule has 0 fully saturated rings. The summed E-state index contributed by atoms with van der Waals surface area (Å²) in [5.74, 6) is 0.739. The number of carbonyl (C=O) groups excluding carboxylic acids is 1. The molecule has 3 heteroatoms. The fraction of sp³-hybridized carbons (Fsp3) is 0.684. The fourth-order valence-corrected chi connectivity index (χ4v) is 2.34. The van der Waals surface area contributed by atoms with Crippen LogP contribution in [-0.2, 0) is 4.79 Å². The first kappa shape index (κ1) is 20.6. The third-order valence-electron chi connectivity index (χ3n) is 4.25. The molecule has 22 heavy (non-hydrogen) atoms. The maximum atomic E-state index is 12.2. The van der Waals surface area contributed by atoms with Crippen LogP contribution in [0.15, 0.2) is 28.5 Å². The van der Waals surface area contributed by atoms with Gasteiger partial charge in [-0.05, 0) is 38.0 Å². The minimum Gasteiger partial charge on any atom is -0.377 e. The summed E-state index contributed by atoms with van der Waals surface area (Å²) in [4.78, 5) is 18.8. The van der Waals surface area contributed by atoms with Crippen LogP contribution in [0.25, 0.3) is 0 Å². The number of Topliss-reactive ketones (excluding diaryl/α,β-unsaturated/α-hetero) is 1. The third-order valence-corrected chi connectivity index (χ3v) is 4.25. The Morgan fingerprint density at radius 3 is 2.14 bits per heavy atom. The summed E-state index contributed by atoms with van der Waals surface area (Å²) >= 11 is 0. The molecule has 0 rings (SSSR count). The Morgan fingerprint density at radius 2 is 1.73 bits per heavy atom. The highest BCUT2D eigenvalue weighted by atomic mass is 16.1. The predicted octanol–water partition coefficient (Wildman–Crippen LogP) is 4.85. The van der Waals surface area contributed by atoms with Gasteiger partial charge in [-0.25, -0.2) is 0 Å². The number of carbonyl (C=O) groups is 1. The molecule has 0 aromatic heterocycles. The summed E-state index contributed by atoms with van der Waals surface area (Å²) in [7, 11) is 2.06. The Hall–Kier alpha value is -1.38. The number of hydrogen-bond donors (Lipinski definition) is 0. The van der Waals surface area contributed by atoms with Crippen LogP contribution in [0.1, 0.15) is 60.8 Å². The maximum Gasteiger partial charge on any atom is 0.163 e. The van der Waals surface area contributed by atoms with Crippen LogP contribution in [0, 0.1) is 11.8 Å². The van der Waals surface area contributed by atoms with E-state index in [0.717, 1.165) is 42.8 Å². The van der Waals surface area contributed by atoms with Gasteiger partial charge < -0.3 is 4.90 Å². The second kappa shape index (κ2) is 10.4. The van der Waals surface area contributed by atoms with Crippen molar-refractivity contribution in [2.24, 2.45) is 16.8 Å². The Kier molecular flexibility index (Phi) is 9.71. The molecule has 0 saturated heterocycles. The van der Waals surface area contributed by atoms with Gasteiger partial charge in [-0.15, -0.1) is 0 Å². The lowest BCUT2D eigenvalue weighted by atomic mass is 9.97. The van der Waals surface area contributed by atoms with Crippen LogP contribution in [0.4, 0.5) is 0 Å². The average molecular weight is 306 g/mol. The summed E-state index contributed by atoms with van der Waals surface area (Å²) in [5.41, 5.74) is 2.65. The topological polar surface area (TPSA) is 32.7 Å². The standard InChI is InChI=1S/C19H34N2O/c1-9-12-21(8)19(15(5)11-3)18(17(7)22)13-20-16(6)14(4)10-2/h13-15H,6,9-12H2,1-5,7-8H3/b19-18-,20-13-. The van der Waals surface area contributed by atoms with Crippen LogP contribution >= 0.6 is 0 Å². The Balaban J connectivity index is 5.73. The molecule has 0 radical (unpaired) electrons. The lowest BCUT2D eigenvalue weighted by molar-refractivity contribution is -0.113. The molecule has 0 N–H and O–H groups in total. The largest absolute Gasteiger partial charge is 0.377 e. The molecule has 126 valence electrons. The van der Waals surface area contributed by atoms with Crippen molar-refractivity contribution < 1.29 is 4.79 Å². The third kappa shape index (κ3) is 6.17. The highest BCUT2D eigenvalue weighted by Gasteiger charge is 2.19. The van der Waals surface area contributed by atoms with Crippen molar-refractivity contribution in [3.05, 3.63) is 23.5 Å². The van der Waals surface area contributed by atoms with E-state index in [1.807, 2.05) is 0 Å². The van der Waals surface area contributed by atoms with E-state index in [0.29, 0.717) is 11.8 Å². The molecule has 0 spiro atoms. The lowest BCUT2D eigenvalue weighted by Gasteiger charge is -2.28. The van der Waals surface area contributed by atoms with E-state index in [-0.39, 0.29) is 5.78 Å². The van der Waals surface area contributed by atoms with Crippen LogP contribution in [0.5, 0.6) is 0 Å². The Bertz CT molecular complexity index is 435. The van der Waals surface area contributed by atoms with E-state index < -0.39 is 0 Å². The number of nitrogens with zero attached hydrogens (tertiary/aromatic N) is 2. The number of aliphatic imine (C=N–C) groups is 1. The Morgan fingerprint density at radius 1 is 1.18 bits per heavy atom. The molecule has 0 aromatic carbocycles. The molecule has 2 unspecified atom stereocenters. The summed E-state index contributed by atoms with van der Waals surface area (Å²) in [6.45, 7) is 17.3. The van der Waals surface area contributed by atoms with E-state index in [2.05, 4.69) is 58.1 Å². The zero-order chi connectivity index (χ0) is 17.3. The highest BCUT2D eigenvalue weighted by molar-refractivity contribution is 6.13. The van der Waals surface area contributed by atoms with Gasteiger partial charge in [-0.1, -0.05) is 41.2 Å². The number of ketones is 1. The smallest absolute Gasteiger partial charge is 0.163 e. The second-order valence-electron chi connectivity index (χ2n) is 6.14. The molecule has 0 amide bonds. The van der Waals surface area contributed by atoms with Gasteiger partial charge in [0.1, 0.15) is 0 Å². The fourth-order valence-electron chi connectivity index (χ4n) is 2.34. The first-order chi connectivity index (χ1) is 10.3. The van der Waals surface area contributed by atoms with Gasteiger partial charge in [0, 0.05) is 31.2 Å². The van der Waals surface area contributed by atoms with Crippen molar-refractivity contribution in [2.45, 2.75) is 60.8 Å². The Labute approximate surface area is 137 Å². The van der Waals surface area contributed by atoms with Crippen molar-refractivity contribution >= 4 is 12.0 Å². The predicted molar refractivity (Wildman–Crippen MR) is 97.2 cm³/mol.